The largest absolute Gasteiger partial charge is 0.481 e. The highest BCUT2D eigenvalue weighted by Gasteiger charge is 2.07. The van der Waals surface area contributed by atoms with Crippen LogP contribution in [0, 0.1) is 0 Å². The van der Waals surface area contributed by atoms with Crippen LogP contribution < -0.4 is 15.0 Å². The molecule has 1 amide bonds. The Morgan fingerprint density at radius 1 is 1.16 bits per heavy atom. The van der Waals surface area contributed by atoms with Crippen LogP contribution in [0.2, 0.25) is 0 Å². The quantitative estimate of drug-likeness (QED) is 0.530. The molecule has 2 N–H and O–H groups in total. The van der Waals surface area contributed by atoms with Crippen LogP contribution in [0.1, 0.15) is 12.0 Å². The molecular formula is C18H17N3O4. The third-order valence-corrected chi connectivity index (χ3v) is 3.66. The van der Waals surface area contributed by atoms with E-state index >= 15 is 0 Å². The smallest absolute Gasteiger partial charge is 0.243 e. The Kier molecular flexibility index (Phi) is 5.06. The topological polar surface area (TPSA) is 93.6 Å². The first-order valence-corrected chi connectivity index (χ1v) is 7.69. The van der Waals surface area contributed by atoms with Crippen LogP contribution in [0.3, 0.4) is 0 Å². The van der Waals surface area contributed by atoms with Gasteiger partial charge in [-0.25, -0.2) is 10.5 Å². The summed E-state index contributed by atoms with van der Waals surface area (Å²) in [6.07, 6.45) is 2.39. The van der Waals surface area contributed by atoms with Gasteiger partial charge in [0.25, 0.3) is 0 Å². The number of pyridine rings is 2. The molecule has 7 nitrogen and oxygen atoms in total. The molecule has 0 saturated carbocycles. The fraction of sp³-hybridized carbons (Fsp3) is 0.167. The Hall–Kier alpha value is -3.19. The molecule has 7 heteroatoms. The number of aromatic nitrogens is 2. The lowest BCUT2D eigenvalue weighted by Crippen LogP contribution is -2.18. The van der Waals surface area contributed by atoms with E-state index in [1.165, 1.54) is 0 Å². The number of fused-ring (bicyclic) bond motifs is 1. The minimum absolute atomic E-state index is 0.221. The molecule has 0 aliphatic carbocycles. The van der Waals surface area contributed by atoms with Gasteiger partial charge >= 0.3 is 0 Å². The molecule has 0 aliphatic rings. The van der Waals surface area contributed by atoms with Gasteiger partial charge in [-0.15, -0.1) is 0 Å². The highest BCUT2D eigenvalue weighted by atomic mass is 16.5. The van der Waals surface area contributed by atoms with Gasteiger partial charge in [0.1, 0.15) is 11.5 Å². The van der Waals surface area contributed by atoms with Gasteiger partial charge in [-0.1, -0.05) is 12.1 Å². The van der Waals surface area contributed by atoms with Gasteiger partial charge in [0, 0.05) is 18.7 Å². The van der Waals surface area contributed by atoms with Crippen molar-refractivity contribution in [2.24, 2.45) is 0 Å². The molecule has 2 aromatic heterocycles. The summed E-state index contributed by atoms with van der Waals surface area (Å²) in [5.41, 5.74) is 3.14. The molecule has 1 aromatic carbocycles. The first-order chi connectivity index (χ1) is 12.2. The van der Waals surface area contributed by atoms with E-state index < -0.39 is 5.91 Å². The first kappa shape index (κ1) is 16.7. The number of nitrogens with one attached hydrogen (secondary N) is 1. The normalized spacial score (nSPS) is 10.5. The summed E-state index contributed by atoms with van der Waals surface area (Å²) in [7, 11) is 1.56. The number of nitrogens with zero attached hydrogens (tertiary/aromatic N) is 2. The Morgan fingerprint density at radius 3 is 2.68 bits per heavy atom. The minimum atomic E-state index is -0.411. The van der Waals surface area contributed by atoms with Crippen molar-refractivity contribution in [3.63, 3.8) is 0 Å². The van der Waals surface area contributed by atoms with Gasteiger partial charge in [-0.05, 0) is 36.2 Å². The van der Waals surface area contributed by atoms with E-state index in [9.17, 15) is 4.79 Å². The minimum Gasteiger partial charge on any atom is -0.481 e. The predicted octanol–water partition coefficient (Wildman–Crippen LogP) is 2.87. The Bertz CT molecular complexity index is 881. The summed E-state index contributed by atoms with van der Waals surface area (Å²) in [5, 5.41) is 9.29. The monoisotopic (exact) mass is 339 g/mol. The maximum absolute atomic E-state index is 11.1. The molecule has 3 rings (SSSR count). The van der Waals surface area contributed by atoms with E-state index in [1.54, 1.807) is 30.9 Å². The average molecular weight is 339 g/mol. The molecular weight excluding hydrogens is 322 g/mol. The van der Waals surface area contributed by atoms with Crippen LogP contribution in [0.4, 0.5) is 0 Å². The summed E-state index contributed by atoms with van der Waals surface area (Å²) >= 11 is 0. The van der Waals surface area contributed by atoms with Crippen molar-refractivity contribution in [3.05, 3.63) is 54.2 Å². The maximum Gasteiger partial charge on any atom is 0.243 e. The highest BCUT2D eigenvalue weighted by molar-refractivity contribution is 5.82. The number of hydrogen-bond acceptors (Lipinski definition) is 6. The number of benzene rings is 1. The molecule has 0 saturated heterocycles. The van der Waals surface area contributed by atoms with Crippen LogP contribution in [0.25, 0.3) is 11.0 Å². The zero-order valence-corrected chi connectivity index (χ0v) is 13.6. The average Bonchev–Trinajstić information content (AvgIpc) is 2.67. The number of carbonyl (C=O) groups is 1. The SMILES string of the molecule is COc1ccc2c(Oc3ccc(CCC(=O)NO)cc3)ccnc2n1. The molecule has 2 heterocycles. The van der Waals surface area contributed by atoms with E-state index in [0.29, 0.717) is 29.4 Å². The maximum atomic E-state index is 11.1. The third kappa shape index (κ3) is 4.02. The molecule has 0 radical (unpaired) electrons. The number of hydrogen-bond donors (Lipinski definition) is 2. The lowest BCUT2D eigenvalue weighted by molar-refractivity contribution is -0.129. The molecule has 0 fully saturated rings. The van der Waals surface area contributed by atoms with Crippen molar-refractivity contribution in [1.82, 2.24) is 15.4 Å². The first-order valence-electron chi connectivity index (χ1n) is 7.69. The van der Waals surface area contributed by atoms with Crippen molar-refractivity contribution in [3.8, 4) is 17.4 Å². The second kappa shape index (κ2) is 7.59. The van der Waals surface area contributed by atoms with Crippen molar-refractivity contribution < 1.29 is 19.5 Å². The van der Waals surface area contributed by atoms with Gasteiger partial charge in [-0.2, -0.15) is 4.98 Å². The Morgan fingerprint density at radius 2 is 1.96 bits per heavy atom. The van der Waals surface area contributed by atoms with E-state index in [-0.39, 0.29) is 6.42 Å². The zero-order chi connectivity index (χ0) is 17.6. The van der Waals surface area contributed by atoms with E-state index in [2.05, 4.69) is 9.97 Å². The zero-order valence-electron chi connectivity index (χ0n) is 13.6. The number of hydroxylamine groups is 1. The van der Waals surface area contributed by atoms with Gasteiger partial charge < -0.3 is 9.47 Å². The van der Waals surface area contributed by atoms with Crippen LogP contribution >= 0.6 is 0 Å². The van der Waals surface area contributed by atoms with Crippen LogP contribution in [0.15, 0.2) is 48.7 Å². The van der Waals surface area contributed by atoms with Gasteiger partial charge in [0.15, 0.2) is 5.65 Å². The number of ether oxygens (including phenoxy) is 2. The molecule has 128 valence electrons. The summed E-state index contributed by atoms with van der Waals surface area (Å²) in [5.74, 6) is 1.39. The summed E-state index contributed by atoms with van der Waals surface area (Å²) in [4.78, 5) is 19.6. The van der Waals surface area contributed by atoms with E-state index in [0.717, 1.165) is 10.9 Å². The fourth-order valence-corrected chi connectivity index (χ4v) is 2.35. The molecule has 0 atom stereocenters. The molecule has 25 heavy (non-hydrogen) atoms. The van der Waals surface area contributed by atoms with Gasteiger partial charge in [0.05, 0.1) is 12.5 Å². The van der Waals surface area contributed by atoms with Crippen molar-refractivity contribution in [2.75, 3.05) is 7.11 Å². The predicted molar refractivity (Wildman–Crippen MR) is 90.9 cm³/mol. The van der Waals surface area contributed by atoms with Crippen LogP contribution in [-0.4, -0.2) is 28.2 Å². The summed E-state index contributed by atoms with van der Waals surface area (Å²) < 4.78 is 11.0. The van der Waals surface area contributed by atoms with Crippen LogP contribution in [0.5, 0.6) is 17.4 Å². The van der Waals surface area contributed by atoms with E-state index in [1.807, 2.05) is 30.3 Å². The van der Waals surface area contributed by atoms with Crippen molar-refractivity contribution in [1.29, 1.82) is 0 Å². The number of rotatable bonds is 6. The molecule has 0 aliphatic heterocycles. The Labute approximate surface area is 144 Å². The molecule has 3 aromatic rings. The molecule has 0 spiro atoms. The van der Waals surface area contributed by atoms with Crippen LogP contribution in [-0.2, 0) is 11.2 Å². The number of methoxy groups -OCH3 is 1. The van der Waals surface area contributed by atoms with Gasteiger partial charge in [-0.3, -0.25) is 10.0 Å². The lowest BCUT2D eigenvalue weighted by Gasteiger charge is -2.09. The third-order valence-electron chi connectivity index (χ3n) is 3.66. The highest BCUT2D eigenvalue weighted by Crippen LogP contribution is 2.29. The number of amides is 1. The second-order valence-corrected chi connectivity index (χ2v) is 5.31. The second-order valence-electron chi connectivity index (χ2n) is 5.31. The molecule has 0 bridgehead atoms. The van der Waals surface area contributed by atoms with Gasteiger partial charge in [0.2, 0.25) is 11.8 Å². The molecule has 0 unspecified atom stereocenters. The summed E-state index contributed by atoms with van der Waals surface area (Å²) in [6, 6.07) is 12.8. The number of carbonyl (C=O) groups excluding carboxylic acids is 1. The lowest BCUT2D eigenvalue weighted by atomic mass is 10.1. The number of aryl methyl sites for hydroxylation is 1. The van der Waals surface area contributed by atoms with Crippen molar-refractivity contribution in [2.45, 2.75) is 12.8 Å². The van der Waals surface area contributed by atoms with E-state index in [4.69, 9.17) is 14.7 Å². The fourth-order valence-electron chi connectivity index (χ4n) is 2.35. The Balaban J connectivity index is 1.76. The summed E-state index contributed by atoms with van der Waals surface area (Å²) in [6.45, 7) is 0. The van der Waals surface area contributed by atoms with Crippen molar-refractivity contribution >= 4 is 16.9 Å². The standard InChI is InChI=1S/C18H17N3O4/c1-24-17-9-7-14-15(10-11-19-18(14)20-17)25-13-5-2-12(3-6-13)4-8-16(22)21-23/h2-3,5-7,9-11,23H,4,8H2,1H3,(H,21,22).